The number of hydrogen-bond acceptors (Lipinski definition) is 1. The molecule has 1 saturated carbocycles. The molecule has 0 N–H and O–H groups in total. The molecular weight excluding hydrogens is 304 g/mol. The molecule has 2 unspecified atom stereocenters. The summed E-state index contributed by atoms with van der Waals surface area (Å²) in [6, 6.07) is 0. The Kier molecular flexibility index (Phi) is 10.9. The maximum Gasteiger partial charge on any atom is 0.0925 e. The van der Waals surface area contributed by atoms with Gasteiger partial charge in [0.15, 0.2) is 0 Å². The highest BCUT2D eigenvalue weighted by Gasteiger charge is 2.25. The van der Waals surface area contributed by atoms with Crippen molar-refractivity contribution in [2.24, 2.45) is 23.7 Å². The summed E-state index contributed by atoms with van der Waals surface area (Å²) in [5, 5.41) is 0. The fraction of sp³-hybridized carbons (Fsp3) is 0.750. The molecule has 1 nitrogen and oxygen atoms in total. The van der Waals surface area contributed by atoms with Crippen LogP contribution in [-0.4, -0.2) is 6.61 Å². The van der Waals surface area contributed by atoms with Gasteiger partial charge in [-0.25, -0.2) is 0 Å². The van der Waals surface area contributed by atoms with Crippen molar-refractivity contribution in [3.8, 4) is 0 Å². The van der Waals surface area contributed by atoms with Crippen LogP contribution >= 0.6 is 0 Å². The first kappa shape index (κ1) is 22.1. The van der Waals surface area contributed by atoms with Gasteiger partial charge in [0.25, 0.3) is 0 Å². The maximum absolute atomic E-state index is 5.39. The number of allylic oxidation sites excluding steroid dienone is 3. The molecule has 0 aromatic heterocycles. The first-order chi connectivity index (χ1) is 12.0. The molecular formula is C24H42O. The third kappa shape index (κ3) is 8.79. The molecule has 0 spiro atoms. The van der Waals surface area contributed by atoms with Gasteiger partial charge in [-0.15, -0.1) is 0 Å². The Balaban J connectivity index is 2.40. The van der Waals surface area contributed by atoms with Crippen molar-refractivity contribution < 1.29 is 4.74 Å². The Labute approximate surface area is 157 Å². The van der Waals surface area contributed by atoms with E-state index >= 15 is 0 Å². The van der Waals surface area contributed by atoms with Gasteiger partial charge in [-0.1, -0.05) is 77.3 Å². The number of hydrogen-bond donors (Lipinski definition) is 0. The van der Waals surface area contributed by atoms with Crippen LogP contribution in [0.5, 0.6) is 0 Å². The summed E-state index contributed by atoms with van der Waals surface area (Å²) in [6.07, 6.45) is 16.3. The molecule has 144 valence electrons. The van der Waals surface area contributed by atoms with Gasteiger partial charge in [0, 0.05) is 6.42 Å². The minimum Gasteiger partial charge on any atom is -0.499 e. The predicted octanol–water partition coefficient (Wildman–Crippen LogP) is 7.70. The zero-order valence-corrected chi connectivity index (χ0v) is 17.4. The van der Waals surface area contributed by atoms with Gasteiger partial charge < -0.3 is 4.74 Å². The van der Waals surface area contributed by atoms with Crippen LogP contribution in [0, 0.1) is 23.7 Å². The third-order valence-corrected chi connectivity index (χ3v) is 6.02. The highest BCUT2D eigenvalue weighted by molar-refractivity contribution is 5.18. The van der Waals surface area contributed by atoms with Gasteiger partial charge in [0.05, 0.1) is 12.4 Å². The Bertz CT molecular complexity index is 412. The van der Waals surface area contributed by atoms with E-state index in [-0.39, 0.29) is 0 Å². The topological polar surface area (TPSA) is 9.23 Å². The fourth-order valence-electron chi connectivity index (χ4n) is 4.16. The summed E-state index contributed by atoms with van der Waals surface area (Å²) in [5.74, 6) is 4.26. The monoisotopic (exact) mass is 346 g/mol. The van der Waals surface area contributed by atoms with Gasteiger partial charge in [0.2, 0.25) is 0 Å². The molecule has 1 aliphatic rings. The minimum atomic E-state index is 0.568. The van der Waals surface area contributed by atoms with E-state index in [4.69, 9.17) is 4.74 Å². The van der Waals surface area contributed by atoms with E-state index in [1.165, 1.54) is 56.9 Å². The quantitative estimate of drug-likeness (QED) is 0.260. The van der Waals surface area contributed by atoms with E-state index < -0.39 is 0 Å². The molecule has 1 fully saturated rings. The van der Waals surface area contributed by atoms with Crippen molar-refractivity contribution in [2.75, 3.05) is 6.61 Å². The molecule has 0 bridgehead atoms. The zero-order chi connectivity index (χ0) is 18.7. The Morgan fingerprint density at radius 1 is 1.08 bits per heavy atom. The summed E-state index contributed by atoms with van der Waals surface area (Å²) in [4.78, 5) is 0. The summed E-state index contributed by atoms with van der Waals surface area (Å²) in [7, 11) is 0. The first-order valence-electron chi connectivity index (χ1n) is 10.6. The van der Waals surface area contributed by atoms with Crippen LogP contribution in [-0.2, 0) is 4.74 Å². The summed E-state index contributed by atoms with van der Waals surface area (Å²) in [5.41, 5.74) is 1.25. The van der Waals surface area contributed by atoms with E-state index in [1.54, 1.807) is 0 Å². The van der Waals surface area contributed by atoms with Crippen LogP contribution in [0.4, 0.5) is 0 Å². The highest BCUT2D eigenvalue weighted by Crippen LogP contribution is 2.38. The van der Waals surface area contributed by atoms with Crippen LogP contribution in [0.15, 0.2) is 36.6 Å². The first-order valence-corrected chi connectivity index (χ1v) is 10.6. The zero-order valence-electron chi connectivity index (χ0n) is 17.4. The van der Waals surface area contributed by atoms with Crippen molar-refractivity contribution in [2.45, 2.75) is 85.5 Å². The smallest absolute Gasteiger partial charge is 0.0925 e. The highest BCUT2D eigenvalue weighted by atomic mass is 16.5. The van der Waals surface area contributed by atoms with Crippen LogP contribution in [0.25, 0.3) is 0 Å². The predicted molar refractivity (Wildman–Crippen MR) is 112 cm³/mol. The largest absolute Gasteiger partial charge is 0.499 e. The van der Waals surface area contributed by atoms with Gasteiger partial charge in [-0.2, -0.15) is 0 Å². The molecule has 2 atom stereocenters. The number of rotatable bonds is 12. The average molecular weight is 347 g/mol. The van der Waals surface area contributed by atoms with Crippen LogP contribution in [0.3, 0.4) is 0 Å². The number of ether oxygens (including phenoxy) is 1. The minimum absolute atomic E-state index is 0.568. The Morgan fingerprint density at radius 2 is 1.76 bits per heavy atom. The lowest BCUT2D eigenvalue weighted by Crippen LogP contribution is -2.21. The van der Waals surface area contributed by atoms with E-state index in [0.717, 1.165) is 29.9 Å². The van der Waals surface area contributed by atoms with Crippen molar-refractivity contribution in [1.29, 1.82) is 0 Å². The van der Waals surface area contributed by atoms with Gasteiger partial charge in [-0.05, 0) is 56.3 Å². The Morgan fingerprint density at radius 3 is 2.36 bits per heavy atom. The van der Waals surface area contributed by atoms with Crippen molar-refractivity contribution in [1.82, 2.24) is 0 Å². The van der Waals surface area contributed by atoms with Crippen LogP contribution < -0.4 is 0 Å². The molecule has 25 heavy (non-hydrogen) atoms. The lowest BCUT2D eigenvalue weighted by Gasteiger charge is -2.33. The third-order valence-electron chi connectivity index (χ3n) is 6.02. The van der Waals surface area contributed by atoms with E-state index in [9.17, 15) is 0 Å². The molecule has 0 heterocycles. The average Bonchev–Trinajstić information content (AvgIpc) is 2.59. The van der Waals surface area contributed by atoms with Crippen LogP contribution in [0.2, 0.25) is 0 Å². The molecule has 1 rings (SSSR count). The molecule has 0 aromatic carbocycles. The molecule has 0 aliphatic heterocycles. The summed E-state index contributed by atoms with van der Waals surface area (Å²) >= 11 is 0. The molecule has 1 aliphatic carbocycles. The molecule has 1 heteroatoms. The summed E-state index contributed by atoms with van der Waals surface area (Å²) < 4.78 is 5.39. The normalized spacial score (nSPS) is 23.4. The summed E-state index contributed by atoms with van der Waals surface area (Å²) in [6.45, 7) is 18.0. The fourth-order valence-corrected chi connectivity index (χ4v) is 4.16. The second-order valence-corrected chi connectivity index (χ2v) is 8.20. The van der Waals surface area contributed by atoms with Gasteiger partial charge >= 0.3 is 0 Å². The standard InChI is InChI=1S/C24H42O/c1-7-10-23(24-16-13-19(3)14-17-24)18-15-21(5)20(4)11-9-12-22(6)25-8-2/h9,11,19,21,23-24H,4,6-8,10,12-18H2,1-3,5H3/b11-9-. The lowest BCUT2D eigenvalue weighted by molar-refractivity contribution is 0.187. The second-order valence-electron chi connectivity index (χ2n) is 8.20. The SMILES string of the molecule is C=C(C/C=C\C(=C)C(C)CCC(CCC)C1CCC(C)CC1)OCC. The maximum atomic E-state index is 5.39. The second kappa shape index (κ2) is 12.4. The van der Waals surface area contributed by atoms with E-state index in [2.05, 4.69) is 46.1 Å². The molecule has 0 aromatic rings. The lowest BCUT2D eigenvalue weighted by atomic mass is 9.72. The van der Waals surface area contributed by atoms with Crippen molar-refractivity contribution >= 4 is 0 Å². The van der Waals surface area contributed by atoms with Gasteiger partial charge in [-0.3, -0.25) is 0 Å². The van der Waals surface area contributed by atoms with E-state index in [0.29, 0.717) is 12.5 Å². The molecule has 0 saturated heterocycles. The van der Waals surface area contributed by atoms with Gasteiger partial charge in [0.1, 0.15) is 0 Å². The van der Waals surface area contributed by atoms with Crippen molar-refractivity contribution in [3.63, 3.8) is 0 Å². The van der Waals surface area contributed by atoms with Crippen molar-refractivity contribution in [3.05, 3.63) is 36.6 Å². The Hall–Kier alpha value is -0.980. The van der Waals surface area contributed by atoms with E-state index in [1.807, 2.05) is 6.92 Å². The molecule has 0 amide bonds. The van der Waals surface area contributed by atoms with Crippen LogP contribution in [0.1, 0.15) is 85.5 Å². The molecule has 0 radical (unpaired) electrons.